The molecule has 0 heterocycles. The predicted molar refractivity (Wildman–Crippen MR) is 65.1 cm³/mol. The third-order valence-corrected chi connectivity index (χ3v) is 3.68. The molecule has 0 bridgehead atoms. The molecule has 0 aliphatic heterocycles. The van der Waals surface area contributed by atoms with E-state index in [1.807, 2.05) is 19.2 Å². The van der Waals surface area contributed by atoms with Crippen LogP contribution in [0.15, 0.2) is 24.3 Å². The van der Waals surface area contributed by atoms with Crippen molar-refractivity contribution in [3.8, 4) is 0 Å². The van der Waals surface area contributed by atoms with Crippen LogP contribution in [0.5, 0.6) is 0 Å². The molecule has 0 aromatic heterocycles. The van der Waals surface area contributed by atoms with Crippen LogP contribution in [0.3, 0.4) is 0 Å². The van der Waals surface area contributed by atoms with E-state index in [1.165, 1.54) is 37.7 Å². The highest BCUT2D eigenvalue weighted by molar-refractivity contribution is 5.22. The smallest absolute Gasteiger partial charge is 0.123 e. The molecule has 1 saturated carbocycles. The quantitative estimate of drug-likeness (QED) is 0.754. The third kappa shape index (κ3) is 2.62. The summed E-state index contributed by atoms with van der Waals surface area (Å²) in [5.41, 5.74) is 1.28. The van der Waals surface area contributed by atoms with Gasteiger partial charge in [-0.2, -0.15) is 0 Å². The molecule has 1 N–H and O–H groups in total. The zero-order valence-corrected chi connectivity index (χ0v) is 9.88. The summed E-state index contributed by atoms with van der Waals surface area (Å²) in [4.78, 5) is 0. The van der Waals surface area contributed by atoms with Gasteiger partial charge in [0.1, 0.15) is 5.82 Å². The van der Waals surface area contributed by atoms with Crippen LogP contribution in [0.4, 0.5) is 4.39 Å². The van der Waals surface area contributed by atoms with E-state index in [9.17, 15) is 4.39 Å². The van der Waals surface area contributed by atoms with Gasteiger partial charge in [-0.05, 0) is 43.5 Å². The Hall–Kier alpha value is -0.890. The van der Waals surface area contributed by atoms with Crippen LogP contribution in [0.1, 0.15) is 43.6 Å². The average Bonchev–Trinajstić information content (AvgIpc) is 2.55. The van der Waals surface area contributed by atoms with Crippen molar-refractivity contribution in [3.05, 3.63) is 35.6 Å². The number of halogens is 1. The highest BCUT2D eigenvalue weighted by Gasteiger charge is 2.23. The second-order valence-electron chi connectivity index (χ2n) is 4.69. The van der Waals surface area contributed by atoms with E-state index >= 15 is 0 Å². The maximum atomic E-state index is 12.9. The van der Waals surface area contributed by atoms with Crippen LogP contribution < -0.4 is 5.32 Å². The summed E-state index contributed by atoms with van der Waals surface area (Å²) in [6.07, 6.45) is 6.38. The second kappa shape index (κ2) is 5.44. The van der Waals surface area contributed by atoms with Crippen molar-refractivity contribution in [1.82, 2.24) is 5.32 Å². The zero-order valence-electron chi connectivity index (χ0n) is 9.88. The van der Waals surface area contributed by atoms with Gasteiger partial charge >= 0.3 is 0 Å². The topological polar surface area (TPSA) is 12.0 Å². The first-order chi connectivity index (χ1) is 7.81. The van der Waals surface area contributed by atoms with Gasteiger partial charge in [0, 0.05) is 6.04 Å². The van der Waals surface area contributed by atoms with Gasteiger partial charge in [-0.25, -0.2) is 4.39 Å². The Balaban J connectivity index is 2.18. The van der Waals surface area contributed by atoms with Crippen molar-refractivity contribution in [1.29, 1.82) is 0 Å². The second-order valence-corrected chi connectivity index (χ2v) is 4.69. The Morgan fingerprint density at radius 1 is 1.06 bits per heavy atom. The molecule has 1 nitrogen and oxygen atoms in total. The predicted octanol–water partition coefficient (Wildman–Crippen LogP) is 3.46. The Kier molecular flexibility index (Phi) is 3.94. The van der Waals surface area contributed by atoms with Crippen LogP contribution in [-0.4, -0.2) is 13.1 Å². The van der Waals surface area contributed by atoms with E-state index in [0.29, 0.717) is 12.0 Å². The molecule has 1 fully saturated rings. The molecule has 0 spiro atoms. The number of hydrogen-bond acceptors (Lipinski definition) is 1. The summed E-state index contributed by atoms with van der Waals surface area (Å²) in [5.74, 6) is 0.409. The van der Waals surface area contributed by atoms with Gasteiger partial charge in [-0.3, -0.25) is 0 Å². The molecule has 0 radical (unpaired) electrons. The summed E-state index contributed by atoms with van der Waals surface area (Å²) in [6.45, 7) is 0. The lowest BCUT2D eigenvalue weighted by molar-refractivity contribution is 0.439. The van der Waals surface area contributed by atoms with E-state index in [1.54, 1.807) is 12.1 Å². The molecule has 2 atom stereocenters. The van der Waals surface area contributed by atoms with Crippen molar-refractivity contribution >= 4 is 0 Å². The molecule has 2 rings (SSSR count). The lowest BCUT2D eigenvalue weighted by Gasteiger charge is -2.25. The van der Waals surface area contributed by atoms with Gasteiger partial charge in [0.15, 0.2) is 0 Å². The minimum absolute atomic E-state index is 0.140. The molecule has 1 aromatic rings. The molecule has 88 valence electrons. The largest absolute Gasteiger partial charge is 0.316 e. The monoisotopic (exact) mass is 221 g/mol. The van der Waals surface area contributed by atoms with E-state index in [0.717, 1.165) is 0 Å². The highest BCUT2D eigenvalue weighted by Crippen LogP contribution is 2.31. The number of hydrogen-bond donors (Lipinski definition) is 1. The summed E-state index contributed by atoms with van der Waals surface area (Å²) < 4.78 is 12.9. The molecule has 2 heteroatoms. The zero-order chi connectivity index (χ0) is 11.4. The van der Waals surface area contributed by atoms with Crippen molar-refractivity contribution < 1.29 is 4.39 Å². The van der Waals surface area contributed by atoms with Crippen LogP contribution in [0.25, 0.3) is 0 Å². The Labute approximate surface area is 97.1 Å². The van der Waals surface area contributed by atoms with Gasteiger partial charge in [0.05, 0.1) is 0 Å². The molecule has 2 unspecified atom stereocenters. The van der Waals surface area contributed by atoms with Gasteiger partial charge in [-0.15, -0.1) is 0 Å². The first kappa shape index (κ1) is 11.6. The van der Waals surface area contributed by atoms with E-state index in [-0.39, 0.29) is 5.82 Å². The number of likely N-dealkylation sites (N-methyl/N-ethyl adjacent to an activating group) is 1. The van der Waals surface area contributed by atoms with Gasteiger partial charge in [-0.1, -0.05) is 31.4 Å². The lowest BCUT2D eigenvalue weighted by atomic mass is 9.88. The van der Waals surface area contributed by atoms with Gasteiger partial charge < -0.3 is 5.32 Å². The SMILES string of the molecule is CNC1CCCCCC1c1ccc(F)cc1. The first-order valence-electron chi connectivity index (χ1n) is 6.24. The standard InChI is InChI=1S/C14H20FN/c1-16-14-6-4-2-3-5-13(14)11-7-9-12(15)10-8-11/h7-10,13-14,16H,2-6H2,1H3. The van der Waals surface area contributed by atoms with Crippen molar-refractivity contribution in [2.75, 3.05) is 7.05 Å². The van der Waals surface area contributed by atoms with Crippen molar-refractivity contribution in [2.45, 2.75) is 44.1 Å². The Morgan fingerprint density at radius 3 is 2.44 bits per heavy atom. The molecule has 1 aliphatic rings. The summed E-state index contributed by atoms with van der Waals surface area (Å²) >= 11 is 0. The molecule has 1 aliphatic carbocycles. The molecule has 1 aromatic carbocycles. The fraction of sp³-hybridized carbons (Fsp3) is 0.571. The van der Waals surface area contributed by atoms with E-state index < -0.39 is 0 Å². The van der Waals surface area contributed by atoms with Crippen LogP contribution in [-0.2, 0) is 0 Å². The van der Waals surface area contributed by atoms with Crippen molar-refractivity contribution in [3.63, 3.8) is 0 Å². The fourth-order valence-electron chi connectivity index (χ4n) is 2.76. The molecular weight excluding hydrogens is 201 g/mol. The number of nitrogens with one attached hydrogen (secondary N) is 1. The van der Waals surface area contributed by atoms with Crippen LogP contribution in [0, 0.1) is 5.82 Å². The van der Waals surface area contributed by atoms with E-state index in [2.05, 4.69) is 5.32 Å². The number of benzene rings is 1. The lowest BCUT2D eigenvalue weighted by Crippen LogP contribution is -2.31. The summed E-state index contributed by atoms with van der Waals surface area (Å²) in [6, 6.07) is 7.58. The summed E-state index contributed by atoms with van der Waals surface area (Å²) in [5, 5.41) is 3.41. The number of rotatable bonds is 2. The van der Waals surface area contributed by atoms with Crippen LogP contribution in [0.2, 0.25) is 0 Å². The highest BCUT2D eigenvalue weighted by atomic mass is 19.1. The maximum absolute atomic E-state index is 12.9. The van der Waals surface area contributed by atoms with Gasteiger partial charge in [0.2, 0.25) is 0 Å². The van der Waals surface area contributed by atoms with Crippen LogP contribution >= 0.6 is 0 Å². The average molecular weight is 221 g/mol. The Morgan fingerprint density at radius 2 is 1.75 bits per heavy atom. The maximum Gasteiger partial charge on any atom is 0.123 e. The van der Waals surface area contributed by atoms with Crippen molar-refractivity contribution in [2.24, 2.45) is 0 Å². The molecule has 0 amide bonds. The minimum atomic E-state index is -0.140. The molecule has 16 heavy (non-hydrogen) atoms. The molecule has 0 saturated heterocycles. The normalized spacial score (nSPS) is 26.4. The third-order valence-electron chi connectivity index (χ3n) is 3.68. The van der Waals surface area contributed by atoms with E-state index in [4.69, 9.17) is 0 Å². The summed E-state index contributed by atoms with van der Waals surface area (Å²) in [7, 11) is 2.03. The first-order valence-corrected chi connectivity index (χ1v) is 6.24. The Bertz CT molecular complexity index is 320. The molecular formula is C14H20FN. The minimum Gasteiger partial charge on any atom is -0.316 e. The van der Waals surface area contributed by atoms with Gasteiger partial charge in [0.25, 0.3) is 0 Å². The fourth-order valence-corrected chi connectivity index (χ4v) is 2.76.